The summed E-state index contributed by atoms with van der Waals surface area (Å²) in [5.41, 5.74) is -1.47. The van der Waals surface area contributed by atoms with E-state index in [-0.39, 0.29) is 0 Å². The highest BCUT2D eigenvalue weighted by Crippen LogP contribution is 2.28. The molecule has 0 atom stereocenters. The number of carboxylic acids is 1. The molecule has 1 aromatic rings. The van der Waals surface area contributed by atoms with Gasteiger partial charge in [-0.1, -0.05) is 0 Å². The van der Waals surface area contributed by atoms with Crippen LogP contribution < -0.4 is 4.74 Å². The quantitative estimate of drug-likeness (QED) is 0.656. The Bertz CT molecular complexity index is 438. The van der Waals surface area contributed by atoms with Gasteiger partial charge in [-0.25, -0.2) is 4.79 Å². The van der Waals surface area contributed by atoms with E-state index in [1.165, 1.54) is 0 Å². The molecule has 1 N–H and O–H groups in total. The molecule has 0 amide bonds. The number of ether oxygens (including phenoxy) is 1. The van der Waals surface area contributed by atoms with Crippen molar-refractivity contribution in [2.75, 3.05) is 0 Å². The van der Waals surface area contributed by atoms with Gasteiger partial charge >= 0.3 is 12.3 Å². The van der Waals surface area contributed by atoms with Gasteiger partial charge < -0.3 is 9.84 Å². The van der Waals surface area contributed by atoms with Crippen LogP contribution in [0.25, 0.3) is 0 Å². The monoisotopic (exact) mass is 251 g/mol. The molecule has 0 aliphatic heterocycles. The maximum absolute atomic E-state index is 11.9. The molecule has 0 bridgehead atoms. The zero-order chi connectivity index (χ0) is 13.2. The molecule has 1 rings (SSSR count). The van der Waals surface area contributed by atoms with Crippen molar-refractivity contribution < 1.29 is 32.7 Å². The molecular formula is C8H4F3NO5. The molecule has 0 fully saturated rings. The minimum absolute atomic E-state index is 0.486. The summed E-state index contributed by atoms with van der Waals surface area (Å²) in [7, 11) is 0. The average Bonchev–Trinajstić information content (AvgIpc) is 2.14. The SMILES string of the molecule is O=C(O)c1cc(OC(F)(F)F)cc([N+](=O)[O-])c1. The number of non-ortho nitro benzene ring substituents is 1. The fraction of sp³-hybridized carbons (Fsp3) is 0.125. The van der Waals surface area contributed by atoms with E-state index in [0.29, 0.717) is 18.2 Å². The molecule has 9 heteroatoms. The molecule has 0 spiro atoms. The Morgan fingerprint density at radius 1 is 1.35 bits per heavy atom. The van der Waals surface area contributed by atoms with Gasteiger partial charge in [-0.15, -0.1) is 13.2 Å². The highest BCUT2D eigenvalue weighted by atomic mass is 19.4. The predicted octanol–water partition coefficient (Wildman–Crippen LogP) is 2.19. The van der Waals surface area contributed by atoms with Crippen molar-refractivity contribution in [2.24, 2.45) is 0 Å². The van der Waals surface area contributed by atoms with Crippen LogP contribution in [0.15, 0.2) is 18.2 Å². The number of nitro groups is 1. The summed E-state index contributed by atoms with van der Waals surface area (Å²) in [5, 5.41) is 18.9. The number of aromatic carboxylic acids is 1. The normalized spacial score (nSPS) is 11.0. The third-order valence-corrected chi connectivity index (χ3v) is 1.58. The highest BCUT2D eigenvalue weighted by Gasteiger charge is 2.32. The lowest BCUT2D eigenvalue weighted by Gasteiger charge is -2.08. The van der Waals surface area contributed by atoms with Crippen molar-refractivity contribution in [1.82, 2.24) is 0 Å². The maximum Gasteiger partial charge on any atom is 0.573 e. The fourth-order valence-electron chi connectivity index (χ4n) is 1.00. The Labute approximate surface area is 91.4 Å². The van der Waals surface area contributed by atoms with E-state index in [9.17, 15) is 28.1 Å². The topological polar surface area (TPSA) is 89.7 Å². The molecule has 0 aliphatic carbocycles. The first-order valence-electron chi connectivity index (χ1n) is 3.97. The van der Waals surface area contributed by atoms with E-state index in [4.69, 9.17) is 5.11 Å². The van der Waals surface area contributed by atoms with E-state index >= 15 is 0 Å². The molecule has 92 valence electrons. The van der Waals surface area contributed by atoms with Crippen molar-refractivity contribution in [3.8, 4) is 5.75 Å². The predicted molar refractivity (Wildman–Crippen MR) is 46.7 cm³/mol. The minimum atomic E-state index is -5.05. The number of carbonyl (C=O) groups is 1. The number of halogens is 3. The van der Waals surface area contributed by atoms with Crippen LogP contribution in [-0.4, -0.2) is 22.4 Å². The van der Waals surface area contributed by atoms with Gasteiger partial charge in [0.15, 0.2) is 0 Å². The number of rotatable bonds is 3. The number of benzene rings is 1. The molecule has 0 aromatic heterocycles. The zero-order valence-electron chi connectivity index (χ0n) is 7.89. The molecule has 0 saturated carbocycles. The molecule has 0 heterocycles. The summed E-state index contributed by atoms with van der Waals surface area (Å²) in [6.07, 6.45) is -5.05. The van der Waals surface area contributed by atoms with Gasteiger partial charge in [0.2, 0.25) is 0 Å². The van der Waals surface area contributed by atoms with Crippen LogP contribution in [0.2, 0.25) is 0 Å². The van der Waals surface area contributed by atoms with Crippen molar-refractivity contribution in [2.45, 2.75) is 6.36 Å². The van der Waals surface area contributed by atoms with Crippen LogP contribution in [0.1, 0.15) is 10.4 Å². The smallest absolute Gasteiger partial charge is 0.478 e. The number of nitrogens with zero attached hydrogens (tertiary/aromatic N) is 1. The van der Waals surface area contributed by atoms with Gasteiger partial charge in [0, 0.05) is 6.07 Å². The Morgan fingerprint density at radius 2 is 1.94 bits per heavy atom. The average molecular weight is 251 g/mol. The Hall–Kier alpha value is -2.32. The maximum atomic E-state index is 11.9. The van der Waals surface area contributed by atoms with Gasteiger partial charge in [-0.3, -0.25) is 10.1 Å². The first-order valence-corrected chi connectivity index (χ1v) is 3.97. The molecule has 0 unspecified atom stereocenters. The van der Waals surface area contributed by atoms with Crippen molar-refractivity contribution >= 4 is 11.7 Å². The lowest BCUT2D eigenvalue weighted by molar-refractivity contribution is -0.385. The number of hydrogen-bond acceptors (Lipinski definition) is 4. The largest absolute Gasteiger partial charge is 0.573 e. The van der Waals surface area contributed by atoms with E-state index < -0.39 is 34.3 Å². The zero-order valence-corrected chi connectivity index (χ0v) is 7.89. The third-order valence-electron chi connectivity index (χ3n) is 1.58. The number of hydrogen-bond donors (Lipinski definition) is 1. The van der Waals surface area contributed by atoms with E-state index in [2.05, 4.69) is 4.74 Å². The van der Waals surface area contributed by atoms with Gasteiger partial charge in [0.25, 0.3) is 5.69 Å². The molecule has 6 nitrogen and oxygen atoms in total. The number of carboxylic acid groups (broad SMARTS) is 1. The standard InChI is InChI=1S/C8H4F3NO5/c9-8(10,11)17-6-2-4(7(13)14)1-5(3-6)12(15)16/h1-3H,(H,13,14). The molecule has 1 aromatic carbocycles. The lowest BCUT2D eigenvalue weighted by atomic mass is 10.2. The van der Waals surface area contributed by atoms with Crippen molar-refractivity contribution in [3.05, 3.63) is 33.9 Å². The van der Waals surface area contributed by atoms with Crippen LogP contribution in [0.5, 0.6) is 5.75 Å². The summed E-state index contributed by atoms with van der Waals surface area (Å²) in [5.74, 6) is -2.55. The minimum Gasteiger partial charge on any atom is -0.478 e. The fourth-order valence-corrected chi connectivity index (χ4v) is 1.00. The first-order chi connectivity index (χ1) is 7.69. The number of nitro benzene ring substituents is 1. The van der Waals surface area contributed by atoms with Crippen LogP contribution in [0, 0.1) is 10.1 Å². The van der Waals surface area contributed by atoms with Crippen LogP contribution in [0.3, 0.4) is 0 Å². The second-order valence-corrected chi connectivity index (χ2v) is 2.83. The Balaban J connectivity index is 3.22. The number of alkyl halides is 3. The van der Waals surface area contributed by atoms with Crippen molar-refractivity contribution in [3.63, 3.8) is 0 Å². The summed E-state index contributed by atoms with van der Waals surface area (Å²) < 4.78 is 39.0. The van der Waals surface area contributed by atoms with Gasteiger partial charge in [0.1, 0.15) is 5.75 Å². The first kappa shape index (κ1) is 12.7. The second kappa shape index (κ2) is 4.28. The highest BCUT2D eigenvalue weighted by molar-refractivity contribution is 5.89. The van der Waals surface area contributed by atoms with Gasteiger partial charge in [0.05, 0.1) is 16.6 Å². The van der Waals surface area contributed by atoms with Crippen molar-refractivity contribution in [1.29, 1.82) is 0 Å². The molecule has 17 heavy (non-hydrogen) atoms. The lowest BCUT2D eigenvalue weighted by Crippen LogP contribution is -2.17. The van der Waals surface area contributed by atoms with Crippen LogP contribution in [-0.2, 0) is 0 Å². The summed E-state index contributed by atoms with van der Waals surface area (Å²) in [6, 6.07) is 1.66. The second-order valence-electron chi connectivity index (χ2n) is 2.83. The summed E-state index contributed by atoms with van der Waals surface area (Å²) in [4.78, 5) is 19.9. The molecular weight excluding hydrogens is 247 g/mol. The van der Waals surface area contributed by atoms with Gasteiger partial charge in [-0.2, -0.15) is 0 Å². The Kier molecular flexibility index (Phi) is 3.21. The Morgan fingerprint density at radius 3 is 2.35 bits per heavy atom. The van der Waals surface area contributed by atoms with E-state index in [1.807, 2.05) is 0 Å². The van der Waals surface area contributed by atoms with Gasteiger partial charge in [-0.05, 0) is 6.07 Å². The summed E-state index contributed by atoms with van der Waals surface area (Å²) >= 11 is 0. The molecule has 0 radical (unpaired) electrons. The van der Waals surface area contributed by atoms with Crippen LogP contribution >= 0.6 is 0 Å². The van der Waals surface area contributed by atoms with Crippen LogP contribution in [0.4, 0.5) is 18.9 Å². The summed E-state index contributed by atoms with van der Waals surface area (Å²) in [6.45, 7) is 0. The third kappa shape index (κ3) is 3.63. The van der Waals surface area contributed by atoms with E-state index in [0.717, 1.165) is 0 Å². The molecule has 0 saturated heterocycles. The van der Waals surface area contributed by atoms with E-state index in [1.54, 1.807) is 0 Å². The molecule has 0 aliphatic rings.